The minimum atomic E-state index is 0.642. The molecule has 0 amide bonds. The number of piperidine rings is 1. The van der Waals surface area contributed by atoms with Crippen LogP contribution >= 0.6 is 0 Å². The maximum atomic E-state index is 5.72. The van der Waals surface area contributed by atoms with Gasteiger partial charge in [0.1, 0.15) is 5.75 Å². The summed E-state index contributed by atoms with van der Waals surface area (Å²) in [4.78, 5) is 2.59. The molecule has 0 atom stereocenters. The first kappa shape index (κ1) is 21.7. The first-order valence-corrected chi connectivity index (χ1v) is 12.1. The van der Waals surface area contributed by atoms with Gasteiger partial charge in [0.05, 0.1) is 7.11 Å². The van der Waals surface area contributed by atoms with Crippen LogP contribution in [0.15, 0.2) is 78.9 Å². The van der Waals surface area contributed by atoms with Crippen molar-refractivity contribution in [1.29, 1.82) is 0 Å². The Balaban J connectivity index is 1.27. The molecule has 1 aliphatic rings. The molecular formula is C31H33NO. The normalized spacial score (nSPS) is 15.1. The van der Waals surface area contributed by atoms with Crippen molar-refractivity contribution in [3.8, 4) is 16.9 Å². The average Bonchev–Trinajstić information content (AvgIpc) is 2.86. The van der Waals surface area contributed by atoms with Gasteiger partial charge >= 0.3 is 0 Å². The average molecular weight is 436 g/mol. The van der Waals surface area contributed by atoms with E-state index in [9.17, 15) is 0 Å². The minimum Gasteiger partial charge on any atom is -0.496 e. The second-order valence-corrected chi connectivity index (χ2v) is 9.39. The third-order valence-corrected chi connectivity index (χ3v) is 7.48. The number of ether oxygens (including phenoxy) is 1. The molecule has 1 heterocycles. The topological polar surface area (TPSA) is 12.5 Å². The van der Waals surface area contributed by atoms with Gasteiger partial charge in [0.25, 0.3) is 0 Å². The van der Waals surface area contributed by atoms with Gasteiger partial charge in [-0.15, -0.1) is 0 Å². The summed E-state index contributed by atoms with van der Waals surface area (Å²) in [5.74, 6) is 1.64. The summed E-state index contributed by atoms with van der Waals surface area (Å²) in [5, 5.41) is 2.59. The predicted octanol–water partition coefficient (Wildman–Crippen LogP) is 7.51. The number of rotatable bonds is 5. The van der Waals surface area contributed by atoms with Crippen molar-refractivity contribution >= 4 is 10.8 Å². The van der Waals surface area contributed by atoms with Crippen molar-refractivity contribution in [3.63, 3.8) is 0 Å². The number of fused-ring (bicyclic) bond motifs is 1. The Bertz CT molecular complexity index is 1250. The van der Waals surface area contributed by atoms with Gasteiger partial charge < -0.3 is 4.74 Å². The number of likely N-dealkylation sites (tertiary alicyclic amines) is 1. The van der Waals surface area contributed by atoms with Crippen molar-refractivity contribution in [1.82, 2.24) is 4.90 Å². The van der Waals surface area contributed by atoms with Crippen molar-refractivity contribution < 1.29 is 4.74 Å². The number of methoxy groups -OCH3 is 1. The van der Waals surface area contributed by atoms with Gasteiger partial charge in [-0.05, 0) is 90.4 Å². The highest BCUT2D eigenvalue weighted by atomic mass is 16.5. The van der Waals surface area contributed by atoms with Gasteiger partial charge in [-0.3, -0.25) is 4.90 Å². The lowest BCUT2D eigenvalue weighted by Gasteiger charge is -2.33. The molecule has 4 aromatic rings. The molecule has 0 N–H and O–H groups in total. The molecule has 168 valence electrons. The van der Waals surface area contributed by atoms with Crippen molar-refractivity contribution in [2.75, 3.05) is 20.2 Å². The van der Waals surface area contributed by atoms with E-state index >= 15 is 0 Å². The van der Waals surface area contributed by atoms with Crippen LogP contribution in [0.25, 0.3) is 21.9 Å². The zero-order valence-corrected chi connectivity index (χ0v) is 20.0. The molecule has 4 aromatic carbocycles. The van der Waals surface area contributed by atoms with E-state index in [1.54, 1.807) is 7.11 Å². The van der Waals surface area contributed by atoms with E-state index in [4.69, 9.17) is 4.74 Å². The molecule has 5 rings (SSSR count). The standard InChI is InChI=1S/C31H33NO/c1-22-7-6-10-28(23(22)2)27-13-11-24(12-14-27)25-17-19-32(20-18-25)21-30-29-9-5-4-8-26(29)15-16-31(30)33-3/h4-16,25H,17-21H2,1-3H3. The number of nitrogens with zero attached hydrogens (tertiary/aromatic N) is 1. The van der Waals surface area contributed by atoms with Gasteiger partial charge in [-0.25, -0.2) is 0 Å². The van der Waals surface area contributed by atoms with Crippen LogP contribution in [0.2, 0.25) is 0 Å². The third-order valence-electron chi connectivity index (χ3n) is 7.48. The van der Waals surface area contributed by atoms with E-state index < -0.39 is 0 Å². The van der Waals surface area contributed by atoms with Gasteiger partial charge in [-0.2, -0.15) is 0 Å². The second kappa shape index (κ2) is 9.41. The van der Waals surface area contributed by atoms with Crippen molar-refractivity contribution in [3.05, 3.63) is 101 Å². The van der Waals surface area contributed by atoms with Crippen molar-refractivity contribution in [2.24, 2.45) is 0 Å². The molecule has 0 aromatic heterocycles. The molecule has 0 aliphatic carbocycles. The second-order valence-electron chi connectivity index (χ2n) is 9.39. The Hall–Kier alpha value is -3.10. The summed E-state index contributed by atoms with van der Waals surface area (Å²) < 4.78 is 5.72. The molecule has 1 saturated heterocycles. The number of hydrogen-bond acceptors (Lipinski definition) is 2. The zero-order valence-electron chi connectivity index (χ0n) is 20.0. The largest absolute Gasteiger partial charge is 0.496 e. The van der Waals surface area contributed by atoms with Crippen LogP contribution in [0.3, 0.4) is 0 Å². The quantitative estimate of drug-likeness (QED) is 0.321. The van der Waals surface area contributed by atoms with Gasteiger partial charge in [0, 0.05) is 12.1 Å². The first-order chi connectivity index (χ1) is 16.1. The number of aryl methyl sites for hydroxylation is 1. The van der Waals surface area contributed by atoms with E-state index in [1.807, 2.05) is 0 Å². The lowest BCUT2D eigenvalue weighted by molar-refractivity contribution is 0.203. The van der Waals surface area contributed by atoms with E-state index in [0.717, 1.165) is 25.4 Å². The van der Waals surface area contributed by atoms with Gasteiger partial charge in [-0.1, -0.05) is 72.8 Å². The monoisotopic (exact) mass is 435 g/mol. The van der Waals surface area contributed by atoms with Crippen LogP contribution < -0.4 is 4.74 Å². The zero-order chi connectivity index (χ0) is 22.8. The molecule has 0 unspecified atom stereocenters. The first-order valence-electron chi connectivity index (χ1n) is 12.1. The van der Waals surface area contributed by atoms with Crippen LogP contribution in [-0.4, -0.2) is 25.1 Å². The maximum absolute atomic E-state index is 5.72. The summed E-state index contributed by atoms with van der Waals surface area (Å²) in [6.45, 7) is 7.60. The van der Waals surface area contributed by atoms with Crippen LogP contribution in [0, 0.1) is 13.8 Å². The Morgan fingerprint density at radius 2 is 1.58 bits per heavy atom. The smallest absolute Gasteiger partial charge is 0.123 e. The predicted molar refractivity (Wildman–Crippen MR) is 139 cm³/mol. The highest BCUT2D eigenvalue weighted by molar-refractivity contribution is 5.87. The summed E-state index contributed by atoms with van der Waals surface area (Å²) in [7, 11) is 1.78. The van der Waals surface area contributed by atoms with Crippen LogP contribution in [0.4, 0.5) is 0 Å². The maximum Gasteiger partial charge on any atom is 0.123 e. The Labute approximate surface area is 197 Å². The van der Waals surface area contributed by atoms with E-state index in [1.165, 1.54) is 57.0 Å². The summed E-state index contributed by atoms with van der Waals surface area (Å²) >= 11 is 0. The van der Waals surface area contributed by atoms with E-state index in [0.29, 0.717) is 5.92 Å². The minimum absolute atomic E-state index is 0.642. The lowest BCUT2D eigenvalue weighted by atomic mass is 9.87. The Kier molecular flexibility index (Phi) is 6.20. The number of hydrogen-bond donors (Lipinski definition) is 0. The Morgan fingerprint density at radius 1 is 0.818 bits per heavy atom. The highest BCUT2D eigenvalue weighted by Crippen LogP contribution is 2.34. The molecular weight excluding hydrogens is 402 g/mol. The summed E-state index contributed by atoms with van der Waals surface area (Å²) in [5.41, 5.74) is 8.19. The molecule has 0 radical (unpaired) electrons. The van der Waals surface area contributed by atoms with Gasteiger partial charge in [0.15, 0.2) is 0 Å². The fourth-order valence-corrected chi connectivity index (χ4v) is 5.32. The van der Waals surface area contributed by atoms with Crippen LogP contribution in [-0.2, 0) is 6.54 Å². The van der Waals surface area contributed by atoms with Crippen LogP contribution in [0.1, 0.15) is 41.0 Å². The van der Waals surface area contributed by atoms with E-state index in [-0.39, 0.29) is 0 Å². The van der Waals surface area contributed by atoms with E-state index in [2.05, 4.69) is 97.6 Å². The lowest BCUT2D eigenvalue weighted by Crippen LogP contribution is -2.32. The summed E-state index contributed by atoms with van der Waals surface area (Å²) in [6, 6.07) is 28.8. The third kappa shape index (κ3) is 4.41. The SMILES string of the molecule is COc1ccc2ccccc2c1CN1CCC(c2ccc(-c3cccc(C)c3C)cc2)CC1. The summed E-state index contributed by atoms with van der Waals surface area (Å²) in [6.07, 6.45) is 2.41. The molecule has 2 nitrogen and oxygen atoms in total. The molecule has 33 heavy (non-hydrogen) atoms. The molecule has 0 bridgehead atoms. The van der Waals surface area contributed by atoms with Crippen molar-refractivity contribution in [2.45, 2.75) is 39.2 Å². The molecule has 0 spiro atoms. The number of benzene rings is 4. The fraction of sp³-hybridized carbons (Fsp3) is 0.290. The van der Waals surface area contributed by atoms with Gasteiger partial charge in [0.2, 0.25) is 0 Å². The molecule has 0 saturated carbocycles. The molecule has 2 heteroatoms. The fourth-order valence-electron chi connectivity index (χ4n) is 5.32. The molecule has 1 aliphatic heterocycles. The Morgan fingerprint density at radius 3 is 2.33 bits per heavy atom. The molecule has 1 fully saturated rings. The highest BCUT2D eigenvalue weighted by Gasteiger charge is 2.22. The van der Waals surface area contributed by atoms with Crippen LogP contribution in [0.5, 0.6) is 5.75 Å².